The van der Waals surface area contributed by atoms with E-state index in [2.05, 4.69) is 32.0 Å². The first-order chi connectivity index (χ1) is 13.6. The fourth-order valence-corrected chi connectivity index (χ4v) is 3.76. The van der Waals surface area contributed by atoms with E-state index in [4.69, 9.17) is 0 Å². The summed E-state index contributed by atoms with van der Waals surface area (Å²) in [6.07, 6.45) is 3.81. The number of nitrogens with one attached hydrogen (secondary N) is 1. The number of aromatic amines is 1. The summed E-state index contributed by atoms with van der Waals surface area (Å²) in [6, 6.07) is 18.9. The van der Waals surface area contributed by atoms with Crippen LogP contribution in [-0.2, 0) is 19.3 Å². The molecule has 2 aromatic carbocycles. The van der Waals surface area contributed by atoms with Crippen molar-refractivity contribution in [3.63, 3.8) is 0 Å². The Morgan fingerprint density at radius 2 is 1.79 bits per heavy atom. The van der Waals surface area contributed by atoms with Crippen molar-refractivity contribution in [2.24, 2.45) is 0 Å². The first kappa shape index (κ1) is 18.4. The first-order valence-electron chi connectivity index (χ1n) is 9.10. The molecular weight excluding hydrogens is 416 g/mol. The topological polar surface area (TPSA) is 66.0 Å². The molecule has 0 saturated carbocycles. The number of hydrogen-bond acceptors (Lipinski definition) is 3. The highest BCUT2D eigenvalue weighted by molar-refractivity contribution is 9.10. The number of carbonyl (C=O) groups is 1. The molecule has 4 rings (SSSR count). The van der Waals surface area contributed by atoms with Gasteiger partial charge in [0.2, 0.25) is 0 Å². The van der Waals surface area contributed by atoms with Crippen molar-refractivity contribution in [1.82, 2.24) is 9.97 Å². The van der Waals surface area contributed by atoms with E-state index in [1.165, 1.54) is 5.56 Å². The van der Waals surface area contributed by atoms with Gasteiger partial charge in [-0.25, -0.2) is 4.98 Å². The number of phenols is 1. The van der Waals surface area contributed by atoms with Gasteiger partial charge in [-0.15, -0.1) is 0 Å². The molecule has 2 N–H and O–H groups in total. The molecule has 0 spiro atoms. The summed E-state index contributed by atoms with van der Waals surface area (Å²) in [6.45, 7) is 0. The number of phenolic OH excluding ortho intramolecular Hbond substituents is 1. The number of H-pyrrole nitrogens is 1. The second-order valence-corrected chi connectivity index (χ2v) is 7.68. The zero-order chi connectivity index (χ0) is 19.5. The molecule has 0 unspecified atom stereocenters. The van der Waals surface area contributed by atoms with E-state index in [0.29, 0.717) is 12.0 Å². The van der Waals surface area contributed by atoms with E-state index in [1.807, 2.05) is 42.5 Å². The van der Waals surface area contributed by atoms with Crippen LogP contribution in [0.4, 0.5) is 0 Å². The van der Waals surface area contributed by atoms with Gasteiger partial charge in [-0.05, 0) is 54.3 Å². The average molecular weight is 435 g/mol. The van der Waals surface area contributed by atoms with Crippen LogP contribution in [0.15, 0.2) is 71.3 Å². The lowest BCUT2D eigenvalue weighted by Crippen LogP contribution is -2.04. The lowest BCUT2D eigenvalue weighted by Gasteiger charge is -2.03. The van der Waals surface area contributed by atoms with E-state index >= 15 is 0 Å². The number of fused-ring (bicyclic) bond motifs is 1. The monoisotopic (exact) mass is 434 g/mol. The largest absolute Gasteiger partial charge is 0.508 e. The maximum Gasteiger partial charge on any atom is 0.168 e. The standard InChI is InChI=1S/C23H19BrN2O2/c24-21-4-2-1-3-20(21)22(28)12-16-11-17-13-18(26-23(17)25-14-16)8-5-15-6-9-19(27)10-7-15/h1-4,6-7,9-11,13-14,27H,5,8,12H2,(H,25,26). The van der Waals surface area contributed by atoms with Crippen LogP contribution < -0.4 is 0 Å². The summed E-state index contributed by atoms with van der Waals surface area (Å²) >= 11 is 3.44. The van der Waals surface area contributed by atoms with Crippen molar-refractivity contribution in [2.45, 2.75) is 19.3 Å². The van der Waals surface area contributed by atoms with E-state index in [9.17, 15) is 9.90 Å². The zero-order valence-corrected chi connectivity index (χ0v) is 16.7. The molecule has 0 atom stereocenters. The first-order valence-corrected chi connectivity index (χ1v) is 9.90. The van der Waals surface area contributed by atoms with E-state index in [0.717, 1.165) is 39.6 Å². The molecule has 0 radical (unpaired) electrons. The normalized spacial score (nSPS) is 11.0. The van der Waals surface area contributed by atoms with Crippen LogP contribution >= 0.6 is 15.9 Å². The maximum absolute atomic E-state index is 12.6. The molecule has 0 aliphatic rings. The predicted molar refractivity (Wildman–Crippen MR) is 114 cm³/mol. The second kappa shape index (κ2) is 7.98. The third-order valence-electron chi connectivity index (χ3n) is 4.74. The number of nitrogens with zero attached hydrogens (tertiary/aromatic N) is 1. The van der Waals surface area contributed by atoms with Crippen LogP contribution in [0.2, 0.25) is 0 Å². The number of hydrogen-bond donors (Lipinski definition) is 2. The van der Waals surface area contributed by atoms with Gasteiger partial charge < -0.3 is 10.1 Å². The van der Waals surface area contributed by atoms with E-state index < -0.39 is 0 Å². The zero-order valence-electron chi connectivity index (χ0n) is 15.2. The highest BCUT2D eigenvalue weighted by Crippen LogP contribution is 2.21. The smallest absolute Gasteiger partial charge is 0.168 e. The Hall–Kier alpha value is -2.92. The number of carbonyl (C=O) groups excluding carboxylic acids is 1. The number of aromatic nitrogens is 2. The number of Topliss-reactive ketones (excluding diaryl/α,β-unsaturated/α-hetero) is 1. The summed E-state index contributed by atoms with van der Waals surface area (Å²) in [5.41, 5.74) is 4.69. The summed E-state index contributed by atoms with van der Waals surface area (Å²) in [4.78, 5) is 20.4. The molecule has 0 bridgehead atoms. The lowest BCUT2D eigenvalue weighted by atomic mass is 10.0. The molecule has 2 heterocycles. The number of halogens is 1. The minimum absolute atomic E-state index is 0.0664. The molecule has 5 heteroatoms. The molecule has 28 heavy (non-hydrogen) atoms. The Morgan fingerprint density at radius 1 is 1.00 bits per heavy atom. The van der Waals surface area contributed by atoms with Gasteiger partial charge in [0.05, 0.1) is 0 Å². The van der Waals surface area contributed by atoms with Crippen molar-refractivity contribution in [3.05, 3.63) is 93.7 Å². The number of pyridine rings is 1. The number of aryl methyl sites for hydroxylation is 2. The Labute approximate surface area is 171 Å². The third kappa shape index (κ3) is 4.15. The minimum Gasteiger partial charge on any atom is -0.508 e. The molecule has 0 fully saturated rings. The highest BCUT2D eigenvalue weighted by Gasteiger charge is 2.12. The van der Waals surface area contributed by atoms with Gasteiger partial charge in [-0.3, -0.25) is 4.79 Å². The van der Waals surface area contributed by atoms with Crippen LogP contribution in [0.1, 0.15) is 27.2 Å². The number of rotatable bonds is 6. The van der Waals surface area contributed by atoms with Crippen LogP contribution in [0.25, 0.3) is 11.0 Å². The molecule has 4 aromatic rings. The van der Waals surface area contributed by atoms with Crippen molar-refractivity contribution in [1.29, 1.82) is 0 Å². The lowest BCUT2D eigenvalue weighted by molar-refractivity contribution is 0.0992. The van der Waals surface area contributed by atoms with Gasteiger partial charge >= 0.3 is 0 Å². The summed E-state index contributed by atoms with van der Waals surface area (Å²) in [5, 5.41) is 10.4. The number of aromatic hydroxyl groups is 1. The molecule has 0 amide bonds. The van der Waals surface area contributed by atoms with Crippen LogP contribution in [0.5, 0.6) is 5.75 Å². The maximum atomic E-state index is 12.6. The summed E-state index contributed by atoms with van der Waals surface area (Å²) in [5.74, 6) is 0.347. The third-order valence-corrected chi connectivity index (χ3v) is 5.43. The summed E-state index contributed by atoms with van der Waals surface area (Å²) < 4.78 is 0.812. The molecule has 140 valence electrons. The Balaban J connectivity index is 1.47. The van der Waals surface area contributed by atoms with Crippen LogP contribution in [0, 0.1) is 0 Å². The quantitative estimate of drug-likeness (QED) is 0.407. The number of ketones is 1. The molecular formula is C23H19BrN2O2. The summed E-state index contributed by atoms with van der Waals surface area (Å²) in [7, 11) is 0. The molecule has 0 saturated heterocycles. The van der Waals surface area contributed by atoms with E-state index in [-0.39, 0.29) is 11.5 Å². The highest BCUT2D eigenvalue weighted by atomic mass is 79.9. The predicted octanol–water partition coefficient (Wildman–Crippen LogP) is 5.24. The average Bonchev–Trinajstić information content (AvgIpc) is 3.10. The minimum atomic E-state index is 0.0664. The Morgan fingerprint density at radius 3 is 2.57 bits per heavy atom. The van der Waals surface area contributed by atoms with Crippen LogP contribution in [0.3, 0.4) is 0 Å². The Bertz CT molecular complexity index is 1130. The van der Waals surface area contributed by atoms with Crippen LogP contribution in [-0.4, -0.2) is 20.9 Å². The SMILES string of the molecule is O=C(Cc1cnc2[nH]c(CCc3ccc(O)cc3)cc2c1)c1ccccc1Br. The van der Waals surface area contributed by atoms with Gasteiger partial charge in [0.1, 0.15) is 11.4 Å². The Kier molecular flexibility index (Phi) is 5.26. The van der Waals surface area contributed by atoms with Crippen molar-refractivity contribution < 1.29 is 9.90 Å². The van der Waals surface area contributed by atoms with Gasteiger partial charge in [-0.2, -0.15) is 0 Å². The van der Waals surface area contributed by atoms with Crippen molar-refractivity contribution in [2.75, 3.05) is 0 Å². The van der Waals surface area contributed by atoms with E-state index in [1.54, 1.807) is 18.3 Å². The molecule has 2 aromatic heterocycles. The fourth-order valence-electron chi connectivity index (χ4n) is 3.26. The molecule has 0 aliphatic heterocycles. The second-order valence-electron chi connectivity index (χ2n) is 6.82. The van der Waals surface area contributed by atoms with Gasteiger partial charge in [0.15, 0.2) is 5.78 Å². The molecule has 4 nitrogen and oxygen atoms in total. The van der Waals surface area contributed by atoms with Crippen molar-refractivity contribution >= 4 is 32.7 Å². The van der Waals surface area contributed by atoms with Gasteiger partial charge in [0, 0.05) is 33.7 Å². The molecule has 0 aliphatic carbocycles. The van der Waals surface area contributed by atoms with Gasteiger partial charge in [-0.1, -0.05) is 46.3 Å². The van der Waals surface area contributed by atoms with Gasteiger partial charge in [0.25, 0.3) is 0 Å². The fraction of sp³-hybridized carbons (Fsp3) is 0.130. The van der Waals surface area contributed by atoms with Crippen molar-refractivity contribution in [3.8, 4) is 5.75 Å². The number of benzene rings is 2.